The minimum Gasteiger partial charge on any atom is -0.326 e. The summed E-state index contributed by atoms with van der Waals surface area (Å²) in [5.74, 6) is 0. The summed E-state index contributed by atoms with van der Waals surface area (Å²) in [5, 5.41) is 8.87. The van der Waals surface area contributed by atoms with Crippen molar-refractivity contribution in [2.75, 3.05) is 0 Å². The predicted octanol–water partition coefficient (Wildman–Crippen LogP) is 3.65. The van der Waals surface area contributed by atoms with Crippen molar-refractivity contribution >= 4 is 28.3 Å². The lowest BCUT2D eigenvalue weighted by Gasteiger charge is -2.04. The van der Waals surface area contributed by atoms with Crippen LogP contribution >= 0.6 is 22.7 Å². The highest BCUT2D eigenvalue weighted by molar-refractivity contribution is 7.13. The van der Waals surface area contributed by atoms with E-state index in [4.69, 9.17) is 10.8 Å². The van der Waals surface area contributed by atoms with E-state index in [-0.39, 0.29) is 0 Å². The van der Waals surface area contributed by atoms with Crippen molar-refractivity contribution in [2.45, 2.75) is 6.54 Å². The largest absolute Gasteiger partial charge is 0.326 e. The molecule has 2 N–H and O–H groups in total. The molecule has 0 saturated heterocycles. The number of thiophene rings is 2. The first kappa shape index (κ1) is 12.7. The van der Waals surface area contributed by atoms with Crippen LogP contribution in [0.4, 0.5) is 0 Å². The fraction of sp³-hybridized carbons (Fsp3) is 0.0667. The highest BCUT2D eigenvalue weighted by Crippen LogP contribution is 2.29. The average Bonchev–Trinajstić information content (AvgIpc) is 3.25. The van der Waals surface area contributed by atoms with E-state index in [9.17, 15) is 0 Å². The number of aromatic nitrogens is 3. The Hall–Kier alpha value is -2.02. The van der Waals surface area contributed by atoms with Crippen molar-refractivity contribution in [3.63, 3.8) is 0 Å². The molecule has 104 valence electrons. The molecule has 21 heavy (non-hydrogen) atoms. The molecule has 4 aromatic rings. The SMILES string of the molecule is NCc1sccc1-c1ccc2ncc(-c3cccs3)n2n1. The second kappa shape index (κ2) is 5.07. The third kappa shape index (κ3) is 2.08. The number of fused-ring (bicyclic) bond motifs is 1. The summed E-state index contributed by atoms with van der Waals surface area (Å²) in [6, 6.07) is 10.2. The molecule has 0 saturated carbocycles. The van der Waals surface area contributed by atoms with E-state index in [0.29, 0.717) is 6.54 Å². The van der Waals surface area contributed by atoms with Crippen LogP contribution in [0.3, 0.4) is 0 Å². The van der Waals surface area contributed by atoms with Gasteiger partial charge in [-0.2, -0.15) is 5.10 Å². The quantitative estimate of drug-likeness (QED) is 0.628. The third-order valence-corrected chi connectivity index (χ3v) is 5.18. The molecule has 0 aliphatic carbocycles. The molecular weight excluding hydrogens is 300 g/mol. The van der Waals surface area contributed by atoms with E-state index < -0.39 is 0 Å². The summed E-state index contributed by atoms with van der Waals surface area (Å²) in [4.78, 5) is 6.74. The van der Waals surface area contributed by atoms with Gasteiger partial charge in [0, 0.05) is 17.0 Å². The molecule has 6 heteroatoms. The van der Waals surface area contributed by atoms with E-state index in [1.54, 1.807) is 22.7 Å². The van der Waals surface area contributed by atoms with E-state index in [1.165, 1.54) is 0 Å². The van der Waals surface area contributed by atoms with Gasteiger partial charge in [-0.15, -0.1) is 22.7 Å². The Kier molecular flexibility index (Phi) is 3.07. The lowest BCUT2D eigenvalue weighted by molar-refractivity contribution is 0.949. The molecule has 0 bridgehead atoms. The van der Waals surface area contributed by atoms with Crippen LogP contribution in [0.2, 0.25) is 0 Å². The van der Waals surface area contributed by atoms with Gasteiger partial charge in [0.2, 0.25) is 0 Å². The minimum atomic E-state index is 0.536. The summed E-state index contributed by atoms with van der Waals surface area (Å²) in [5.41, 5.74) is 9.71. The Morgan fingerprint density at radius 2 is 2.05 bits per heavy atom. The number of hydrogen-bond donors (Lipinski definition) is 1. The molecule has 4 nitrogen and oxygen atoms in total. The summed E-state index contributed by atoms with van der Waals surface area (Å²) in [6.45, 7) is 0.536. The maximum atomic E-state index is 5.80. The van der Waals surface area contributed by atoms with Crippen LogP contribution in [0.25, 0.3) is 27.5 Å². The van der Waals surface area contributed by atoms with Gasteiger partial charge in [-0.05, 0) is 35.0 Å². The zero-order chi connectivity index (χ0) is 14.2. The second-order valence-electron chi connectivity index (χ2n) is 4.57. The predicted molar refractivity (Wildman–Crippen MR) is 87.5 cm³/mol. The first-order chi connectivity index (χ1) is 10.4. The number of nitrogens with zero attached hydrogens (tertiary/aromatic N) is 3. The van der Waals surface area contributed by atoms with Gasteiger partial charge in [0.15, 0.2) is 5.65 Å². The standard InChI is InChI=1S/C15H12N4S2/c16-8-14-10(5-7-21-14)11-3-4-15-17-9-12(19(15)18-11)13-2-1-6-20-13/h1-7,9H,8,16H2. The molecule has 0 spiro atoms. The first-order valence-corrected chi connectivity index (χ1v) is 8.28. The summed E-state index contributed by atoms with van der Waals surface area (Å²) in [7, 11) is 0. The Morgan fingerprint density at radius 3 is 2.86 bits per heavy atom. The van der Waals surface area contributed by atoms with E-state index >= 15 is 0 Å². The molecule has 0 aliphatic rings. The summed E-state index contributed by atoms with van der Waals surface area (Å²) < 4.78 is 1.90. The van der Waals surface area contributed by atoms with Crippen LogP contribution in [0.1, 0.15) is 4.88 Å². The lowest BCUT2D eigenvalue weighted by atomic mass is 10.2. The Morgan fingerprint density at radius 1 is 1.10 bits per heavy atom. The summed E-state index contributed by atoms with van der Waals surface area (Å²) >= 11 is 3.35. The van der Waals surface area contributed by atoms with Crippen molar-refractivity contribution in [3.05, 3.63) is 52.2 Å². The van der Waals surface area contributed by atoms with Gasteiger partial charge in [0.1, 0.15) is 5.69 Å². The van der Waals surface area contributed by atoms with Gasteiger partial charge < -0.3 is 5.73 Å². The molecule has 4 rings (SSSR count). The zero-order valence-electron chi connectivity index (χ0n) is 11.1. The van der Waals surface area contributed by atoms with Crippen LogP contribution < -0.4 is 5.73 Å². The second-order valence-corrected chi connectivity index (χ2v) is 6.52. The van der Waals surface area contributed by atoms with Crippen LogP contribution in [0.5, 0.6) is 0 Å². The number of hydrogen-bond acceptors (Lipinski definition) is 5. The highest BCUT2D eigenvalue weighted by atomic mass is 32.1. The Balaban J connectivity index is 1.91. The first-order valence-electron chi connectivity index (χ1n) is 6.52. The molecule has 0 aliphatic heterocycles. The number of rotatable bonds is 3. The number of imidazole rings is 1. The van der Waals surface area contributed by atoms with Gasteiger partial charge >= 0.3 is 0 Å². The Labute approximate surface area is 129 Å². The molecule has 4 heterocycles. The van der Waals surface area contributed by atoms with Crippen molar-refractivity contribution in [1.82, 2.24) is 14.6 Å². The van der Waals surface area contributed by atoms with Crippen LogP contribution in [-0.4, -0.2) is 14.6 Å². The molecule has 0 aromatic carbocycles. The van der Waals surface area contributed by atoms with E-state index in [0.717, 1.165) is 32.4 Å². The normalized spacial score (nSPS) is 11.3. The van der Waals surface area contributed by atoms with Crippen LogP contribution in [-0.2, 0) is 6.54 Å². The van der Waals surface area contributed by atoms with Crippen molar-refractivity contribution in [2.24, 2.45) is 5.73 Å². The molecule has 0 fully saturated rings. The van der Waals surface area contributed by atoms with E-state index in [1.807, 2.05) is 28.9 Å². The van der Waals surface area contributed by atoms with Gasteiger partial charge in [-0.1, -0.05) is 6.07 Å². The van der Waals surface area contributed by atoms with Gasteiger partial charge in [0.25, 0.3) is 0 Å². The van der Waals surface area contributed by atoms with Gasteiger partial charge in [-0.25, -0.2) is 9.50 Å². The molecule has 0 unspecified atom stereocenters. The fourth-order valence-electron chi connectivity index (χ4n) is 2.34. The van der Waals surface area contributed by atoms with E-state index in [2.05, 4.69) is 27.9 Å². The molecular formula is C15H12N4S2. The van der Waals surface area contributed by atoms with Crippen molar-refractivity contribution in [3.8, 4) is 21.8 Å². The average molecular weight is 312 g/mol. The van der Waals surface area contributed by atoms with Crippen LogP contribution in [0, 0.1) is 0 Å². The third-order valence-electron chi connectivity index (χ3n) is 3.34. The van der Waals surface area contributed by atoms with Gasteiger partial charge in [-0.3, -0.25) is 0 Å². The lowest BCUT2D eigenvalue weighted by Crippen LogP contribution is -1.99. The molecule has 0 atom stereocenters. The van der Waals surface area contributed by atoms with Gasteiger partial charge in [0.05, 0.1) is 16.8 Å². The Bertz CT molecular complexity index is 890. The maximum Gasteiger partial charge on any atom is 0.154 e. The topological polar surface area (TPSA) is 56.2 Å². The van der Waals surface area contributed by atoms with Crippen molar-refractivity contribution < 1.29 is 0 Å². The zero-order valence-corrected chi connectivity index (χ0v) is 12.7. The summed E-state index contributed by atoms with van der Waals surface area (Å²) in [6.07, 6.45) is 1.87. The highest BCUT2D eigenvalue weighted by Gasteiger charge is 2.11. The minimum absolute atomic E-state index is 0.536. The van der Waals surface area contributed by atoms with Crippen LogP contribution in [0.15, 0.2) is 47.3 Å². The molecule has 0 amide bonds. The monoisotopic (exact) mass is 312 g/mol. The molecule has 4 aromatic heterocycles. The fourth-order valence-corrected chi connectivity index (χ4v) is 3.82. The molecule has 0 radical (unpaired) electrons. The van der Waals surface area contributed by atoms with Crippen molar-refractivity contribution in [1.29, 1.82) is 0 Å². The smallest absolute Gasteiger partial charge is 0.154 e. The maximum absolute atomic E-state index is 5.80. The number of nitrogens with two attached hydrogens (primary N) is 1.